The van der Waals surface area contributed by atoms with Crippen LogP contribution < -0.4 is 15.2 Å². The van der Waals surface area contributed by atoms with Gasteiger partial charge in [-0.1, -0.05) is 0 Å². The van der Waals surface area contributed by atoms with Crippen molar-refractivity contribution in [3.8, 4) is 34.0 Å². The van der Waals surface area contributed by atoms with Crippen molar-refractivity contribution >= 4 is 0 Å². The van der Waals surface area contributed by atoms with Crippen LogP contribution in [0, 0.1) is 0 Å². The van der Waals surface area contributed by atoms with E-state index in [2.05, 4.69) is 0 Å². The number of methoxy groups -OCH3 is 2. The highest BCUT2D eigenvalue weighted by atomic mass is 16.5. The Kier molecular flexibility index (Phi) is 4.16. The lowest BCUT2D eigenvalue weighted by Crippen LogP contribution is -2.20. The number of benzene rings is 2. The van der Waals surface area contributed by atoms with Crippen LogP contribution in [-0.2, 0) is 14.1 Å². The third kappa shape index (κ3) is 2.58. The second kappa shape index (κ2) is 6.28. The lowest BCUT2D eigenvalue weighted by atomic mass is 10.0. The first-order chi connectivity index (χ1) is 11.6. The van der Waals surface area contributed by atoms with E-state index >= 15 is 0 Å². The van der Waals surface area contributed by atoms with E-state index in [1.54, 1.807) is 37.4 Å². The Morgan fingerprint density at radius 3 is 1.29 bits per heavy atom. The van der Waals surface area contributed by atoms with Crippen LogP contribution in [0.1, 0.15) is 0 Å². The average molecular weight is 324 g/mol. The van der Waals surface area contributed by atoms with Crippen LogP contribution in [0.2, 0.25) is 0 Å². The largest absolute Gasteiger partial charge is 0.497 e. The van der Waals surface area contributed by atoms with Gasteiger partial charge in [0.25, 0.3) is 0 Å². The molecule has 0 saturated heterocycles. The van der Waals surface area contributed by atoms with Crippen molar-refractivity contribution in [2.24, 2.45) is 14.1 Å². The number of nitrogens with zero attached hydrogens (tertiary/aromatic N) is 2. The van der Waals surface area contributed by atoms with Crippen LogP contribution in [0.25, 0.3) is 22.5 Å². The lowest BCUT2D eigenvalue weighted by Gasteiger charge is -2.10. The van der Waals surface area contributed by atoms with E-state index in [1.807, 2.05) is 48.5 Å². The summed E-state index contributed by atoms with van der Waals surface area (Å²) in [4.78, 5) is 12.5. The van der Waals surface area contributed by atoms with E-state index in [0.29, 0.717) is 0 Å². The quantitative estimate of drug-likeness (QED) is 0.741. The van der Waals surface area contributed by atoms with Crippen molar-refractivity contribution in [1.29, 1.82) is 0 Å². The number of aromatic nitrogens is 2. The van der Waals surface area contributed by atoms with Gasteiger partial charge < -0.3 is 9.47 Å². The standard InChI is InChI=1S/C19H20N2O3/c1-20-17(13-5-9-15(23-3)10-6-13)18(21(2)19(20)22)14-7-11-16(24-4)12-8-14/h5-12H,1-4H3. The maximum atomic E-state index is 12.5. The molecule has 0 saturated carbocycles. The highest BCUT2D eigenvalue weighted by molar-refractivity contribution is 5.79. The molecule has 0 atom stereocenters. The molecule has 0 N–H and O–H groups in total. The fourth-order valence-corrected chi connectivity index (χ4v) is 2.89. The molecule has 24 heavy (non-hydrogen) atoms. The summed E-state index contributed by atoms with van der Waals surface area (Å²) in [6.45, 7) is 0. The summed E-state index contributed by atoms with van der Waals surface area (Å²) in [5.74, 6) is 1.57. The van der Waals surface area contributed by atoms with Crippen molar-refractivity contribution in [1.82, 2.24) is 9.13 Å². The highest BCUT2D eigenvalue weighted by Crippen LogP contribution is 2.32. The van der Waals surface area contributed by atoms with Gasteiger partial charge in [0, 0.05) is 25.2 Å². The van der Waals surface area contributed by atoms with Gasteiger partial charge in [-0.25, -0.2) is 4.79 Å². The van der Waals surface area contributed by atoms with Gasteiger partial charge in [-0.2, -0.15) is 0 Å². The van der Waals surface area contributed by atoms with Crippen molar-refractivity contribution in [3.05, 3.63) is 59.0 Å². The summed E-state index contributed by atoms with van der Waals surface area (Å²) in [6.07, 6.45) is 0. The van der Waals surface area contributed by atoms with Crippen LogP contribution in [0.4, 0.5) is 0 Å². The van der Waals surface area contributed by atoms with Gasteiger partial charge in [-0.3, -0.25) is 9.13 Å². The molecule has 0 unspecified atom stereocenters. The second-order valence-corrected chi connectivity index (χ2v) is 5.55. The number of hydrogen-bond donors (Lipinski definition) is 0. The van der Waals surface area contributed by atoms with E-state index in [4.69, 9.17) is 9.47 Å². The number of imidazole rings is 1. The Balaban J connectivity index is 2.21. The van der Waals surface area contributed by atoms with Crippen molar-refractivity contribution < 1.29 is 9.47 Å². The smallest absolute Gasteiger partial charge is 0.328 e. The summed E-state index contributed by atoms with van der Waals surface area (Å²) < 4.78 is 13.8. The fraction of sp³-hybridized carbons (Fsp3) is 0.211. The molecular formula is C19H20N2O3. The zero-order valence-corrected chi connectivity index (χ0v) is 14.2. The fourth-order valence-electron chi connectivity index (χ4n) is 2.89. The minimum absolute atomic E-state index is 0.0633. The van der Waals surface area contributed by atoms with Gasteiger partial charge in [0.2, 0.25) is 0 Å². The van der Waals surface area contributed by atoms with E-state index in [9.17, 15) is 4.79 Å². The maximum absolute atomic E-state index is 12.5. The van der Waals surface area contributed by atoms with Gasteiger partial charge in [0.1, 0.15) is 11.5 Å². The van der Waals surface area contributed by atoms with Gasteiger partial charge >= 0.3 is 5.69 Å². The Bertz CT molecular complexity index is 830. The SMILES string of the molecule is COc1ccc(-c2c(-c3ccc(OC)cc3)n(C)c(=O)n2C)cc1. The van der Waals surface area contributed by atoms with Crippen LogP contribution in [0.3, 0.4) is 0 Å². The molecule has 3 aromatic rings. The van der Waals surface area contributed by atoms with Crippen molar-refractivity contribution in [2.75, 3.05) is 14.2 Å². The molecule has 1 heterocycles. The van der Waals surface area contributed by atoms with Crippen LogP contribution in [0.5, 0.6) is 11.5 Å². The molecule has 0 bridgehead atoms. The summed E-state index contributed by atoms with van der Waals surface area (Å²) >= 11 is 0. The van der Waals surface area contributed by atoms with Crippen LogP contribution in [-0.4, -0.2) is 23.4 Å². The topological polar surface area (TPSA) is 45.4 Å². The van der Waals surface area contributed by atoms with E-state index in [-0.39, 0.29) is 5.69 Å². The Morgan fingerprint density at radius 1 is 0.667 bits per heavy atom. The van der Waals surface area contributed by atoms with E-state index in [0.717, 1.165) is 34.0 Å². The Hall–Kier alpha value is -2.95. The third-order valence-corrected chi connectivity index (χ3v) is 4.20. The zero-order valence-electron chi connectivity index (χ0n) is 14.2. The molecule has 0 fully saturated rings. The Morgan fingerprint density at radius 2 is 1.00 bits per heavy atom. The molecule has 0 spiro atoms. The summed E-state index contributed by atoms with van der Waals surface area (Å²) in [6, 6.07) is 15.4. The van der Waals surface area contributed by atoms with Crippen LogP contribution >= 0.6 is 0 Å². The van der Waals surface area contributed by atoms with Crippen LogP contribution in [0.15, 0.2) is 53.3 Å². The third-order valence-electron chi connectivity index (χ3n) is 4.20. The maximum Gasteiger partial charge on any atom is 0.328 e. The number of ether oxygens (including phenoxy) is 2. The first kappa shape index (κ1) is 15.9. The molecule has 3 rings (SSSR count). The highest BCUT2D eigenvalue weighted by Gasteiger charge is 2.18. The minimum atomic E-state index is -0.0633. The first-order valence-electron chi connectivity index (χ1n) is 7.61. The molecule has 0 amide bonds. The van der Waals surface area contributed by atoms with Gasteiger partial charge in [-0.15, -0.1) is 0 Å². The molecular weight excluding hydrogens is 304 g/mol. The van der Waals surface area contributed by atoms with E-state index < -0.39 is 0 Å². The molecule has 0 radical (unpaired) electrons. The molecule has 124 valence electrons. The van der Waals surface area contributed by atoms with E-state index in [1.165, 1.54) is 0 Å². The van der Waals surface area contributed by atoms with Gasteiger partial charge in [0.15, 0.2) is 0 Å². The monoisotopic (exact) mass is 324 g/mol. The van der Waals surface area contributed by atoms with Crippen molar-refractivity contribution in [2.45, 2.75) is 0 Å². The average Bonchev–Trinajstić information content (AvgIpc) is 2.86. The van der Waals surface area contributed by atoms with Gasteiger partial charge in [0.05, 0.1) is 25.6 Å². The molecule has 0 aliphatic heterocycles. The second-order valence-electron chi connectivity index (χ2n) is 5.55. The minimum Gasteiger partial charge on any atom is -0.497 e. The molecule has 2 aromatic carbocycles. The lowest BCUT2D eigenvalue weighted by molar-refractivity contribution is 0.414. The Labute approximate surface area is 140 Å². The number of hydrogen-bond acceptors (Lipinski definition) is 3. The predicted molar refractivity (Wildman–Crippen MR) is 94.6 cm³/mol. The normalized spacial score (nSPS) is 10.7. The van der Waals surface area contributed by atoms with Gasteiger partial charge in [-0.05, 0) is 48.5 Å². The molecule has 0 aliphatic carbocycles. The van der Waals surface area contributed by atoms with Crippen molar-refractivity contribution in [3.63, 3.8) is 0 Å². The predicted octanol–water partition coefficient (Wildman–Crippen LogP) is 3.08. The molecule has 5 heteroatoms. The molecule has 0 aliphatic rings. The summed E-state index contributed by atoms with van der Waals surface area (Å²) in [5.41, 5.74) is 3.60. The molecule has 5 nitrogen and oxygen atoms in total. The summed E-state index contributed by atoms with van der Waals surface area (Å²) in [5, 5.41) is 0. The number of rotatable bonds is 4. The zero-order chi connectivity index (χ0) is 17.3. The molecule has 1 aromatic heterocycles. The summed E-state index contributed by atoms with van der Waals surface area (Å²) in [7, 11) is 6.84. The first-order valence-corrected chi connectivity index (χ1v) is 7.61.